The van der Waals surface area contributed by atoms with E-state index in [-0.39, 0.29) is 24.5 Å². The molecular formula is C41H81ClN4O2. The number of piperidine rings is 2. The third kappa shape index (κ3) is 18.1. The minimum Gasteiger partial charge on any atom is -0.444 e. The number of likely N-dealkylation sites (tertiary alicyclic amines) is 2. The van der Waals surface area contributed by atoms with Crippen LogP contribution in [0.25, 0.3) is 0 Å². The van der Waals surface area contributed by atoms with Crippen molar-refractivity contribution in [2.75, 3.05) is 39.3 Å². The number of nitrogens with two attached hydrogens (primary N) is 1. The Morgan fingerprint density at radius 1 is 0.688 bits per heavy atom. The highest BCUT2D eigenvalue weighted by atomic mass is 35.5. The Balaban J connectivity index is 0.000000340. The van der Waals surface area contributed by atoms with Gasteiger partial charge in [-0.3, -0.25) is 0 Å². The molecule has 7 heteroatoms. The molecule has 2 unspecified atom stereocenters. The maximum atomic E-state index is 12.2. The fourth-order valence-corrected chi connectivity index (χ4v) is 9.03. The fraction of sp³-hybridized carbons (Fsp3) is 0.976. The summed E-state index contributed by atoms with van der Waals surface area (Å²) in [6, 6.07) is 0.757. The lowest BCUT2D eigenvalue weighted by Gasteiger charge is -2.39. The van der Waals surface area contributed by atoms with Crippen molar-refractivity contribution in [3.8, 4) is 0 Å². The normalized spacial score (nSPS) is 28.9. The van der Waals surface area contributed by atoms with E-state index in [1.54, 1.807) is 0 Å². The minimum absolute atomic E-state index is 0. The van der Waals surface area contributed by atoms with Gasteiger partial charge in [0.15, 0.2) is 0 Å². The number of nitrogens with zero attached hydrogens (tertiary/aromatic N) is 2. The average Bonchev–Trinajstić information content (AvgIpc) is 3.03. The molecule has 4 rings (SSSR count). The Morgan fingerprint density at radius 3 is 1.71 bits per heavy atom. The summed E-state index contributed by atoms with van der Waals surface area (Å²) in [6.45, 7) is 18.0. The lowest BCUT2D eigenvalue weighted by molar-refractivity contribution is 0.0443. The van der Waals surface area contributed by atoms with Crippen LogP contribution in [0, 0.1) is 23.7 Å². The van der Waals surface area contributed by atoms with Gasteiger partial charge in [-0.15, -0.1) is 12.4 Å². The van der Waals surface area contributed by atoms with Crippen LogP contribution in [-0.2, 0) is 4.74 Å². The zero-order valence-electron chi connectivity index (χ0n) is 32.5. The van der Waals surface area contributed by atoms with Crippen LogP contribution < -0.4 is 11.1 Å². The molecule has 2 aliphatic heterocycles. The Bertz CT molecular complexity index is 823. The summed E-state index contributed by atoms with van der Waals surface area (Å²) in [5, 5.41) is 3.19. The molecule has 4 aliphatic rings. The summed E-state index contributed by atoms with van der Waals surface area (Å²) >= 11 is 0. The van der Waals surface area contributed by atoms with E-state index in [2.05, 4.69) is 29.0 Å². The second-order valence-corrected chi connectivity index (χ2v) is 17.2. The Hall–Kier alpha value is -0.560. The molecule has 0 radical (unpaired) electrons. The number of hydrogen-bond donors (Lipinski definition) is 2. The van der Waals surface area contributed by atoms with Crippen molar-refractivity contribution in [3.63, 3.8) is 0 Å². The number of carbonyl (C=O) groups excluding carboxylic acids is 1. The van der Waals surface area contributed by atoms with Gasteiger partial charge < -0.3 is 25.6 Å². The first-order chi connectivity index (χ1) is 22.7. The quantitative estimate of drug-likeness (QED) is 0.167. The number of halogens is 1. The summed E-state index contributed by atoms with van der Waals surface area (Å²) in [5.74, 6) is 3.21. The van der Waals surface area contributed by atoms with Crippen LogP contribution in [-0.4, -0.2) is 72.8 Å². The highest BCUT2D eigenvalue weighted by molar-refractivity contribution is 5.85. The summed E-state index contributed by atoms with van der Waals surface area (Å²) < 4.78 is 5.50. The number of rotatable bonds is 15. The maximum absolute atomic E-state index is 12.2. The number of unbranched alkanes of at least 4 members (excludes halogenated alkanes) is 6. The van der Waals surface area contributed by atoms with E-state index < -0.39 is 5.60 Å². The van der Waals surface area contributed by atoms with Crippen molar-refractivity contribution >= 4 is 18.5 Å². The van der Waals surface area contributed by atoms with Crippen molar-refractivity contribution < 1.29 is 9.53 Å². The van der Waals surface area contributed by atoms with Crippen LogP contribution >= 0.6 is 12.4 Å². The van der Waals surface area contributed by atoms with Crippen LogP contribution in [0.15, 0.2) is 0 Å². The van der Waals surface area contributed by atoms with Gasteiger partial charge in [0.25, 0.3) is 0 Å². The molecule has 0 spiro atoms. The third-order valence-corrected chi connectivity index (χ3v) is 11.7. The second-order valence-electron chi connectivity index (χ2n) is 17.2. The predicted molar refractivity (Wildman–Crippen MR) is 208 cm³/mol. The first kappa shape index (κ1) is 43.6. The molecule has 2 aliphatic carbocycles. The Labute approximate surface area is 304 Å². The highest BCUT2D eigenvalue weighted by Gasteiger charge is 2.31. The van der Waals surface area contributed by atoms with Gasteiger partial charge in [-0.1, -0.05) is 90.9 Å². The molecule has 4 fully saturated rings. The smallest absolute Gasteiger partial charge is 0.407 e. The van der Waals surface area contributed by atoms with Gasteiger partial charge in [0.1, 0.15) is 5.60 Å². The van der Waals surface area contributed by atoms with Gasteiger partial charge in [-0.05, 0) is 122 Å². The molecule has 6 nitrogen and oxygen atoms in total. The zero-order valence-corrected chi connectivity index (χ0v) is 33.3. The summed E-state index contributed by atoms with van der Waals surface area (Å²) in [5.41, 5.74) is 5.89. The van der Waals surface area contributed by atoms with E-state index >= 15 is 0 Å². The average molecular weight is 698 g/mol. The Kier molecular flexibility index (Phi) is 22.3. The van der Waals surface area contributed by atoms with Crippen LogP contribution in [0.4, 0.5) is 4.79 Å². The van der Waals surface area contributed by atoms with Crippen molar-refractivity contribution in [1.82, 2.24) is 15.1 Å². The van der Waals surface area contributed by atoms with E-state index in [1.807, 2.05) is 20.8 Å². The summed E-state index contributed by atoms with van der Waals surface area (Å²) in [4.78, 5) is 17.7. The molecule has 0 aromatic carbocycles. The van der Waals surface area contributed by atoms with Crippen LogP contribution in [0.3, 0.4) is 0 Å². The van der Waals surface area contributed by atoms with E-state index in [0.717, 1.165) is 30.7 Å². The molecule has 6 atom stereocenters. The third-order valence-electron chi connectivity index (χ3n) is 11.7. The van der Waals surface area contributed by atoms with Crippen LogP contribution in [0.1, 0.15) is 176 Å². The van der Waals surface area contributed by atoms with E-state index in [0.29, 0.717) is 12.0 Å². The predicted octanol–water partition coefficient (Wildman–Crippen LogP) is 10.4. The number of nitrogens with one attached hydrogen (secondary N) is 1. The second kappa shape index (κ2) is 24.6. The molecule has 284 valence electrons. The van der Waals surface area contributed by atoms with Gasteiger partial charge in [0, 0.05) is 38.3 Å². The molecule has 2 heterocycles. The number of hydrogen-bond acceptors (Lipinski definition) is 5. The lowest BCUT2D eigenvalue weighted by Crippen LogP contribution is -2.49. The van der Waals surface area contributed by atoms with E-state index in [1.165, 1.54) is 168 Å². The van der Waals surface area contributed by atoms with Crippen molar-refractivity contribution in [2.45, 2.75) is 194 Å². The summed E-state index contributed by atoms with van der Waals surface area (Å²) in [6.07, 6.45) is 29.7. The first-order valence-electron chi connectivity index (χ1n) is 20.9. The van der Waals surface area contributed by atoms with E-state index in [9.17, 15) is 4.79 Å². The maximum Gasteiger partial charge on any atom is 0.407 e. The summed E-state index contributed by atoms with van der Waals surface area (Å²) in [7, 11) is 0. The van der Waals surface area contributed by atoms with Crippen molar-refractivity contribution in [2.24, 2.45) is 29.4 Å². The minimum atomic E-state index is -0.424. The Morgan fingerprint density at radius 2 is 1.19 bits per heavy atom. The number of alkyl carbamates (subject to hydrolysis) is 1. The number of ether oxygens (including phenoxy) is 1. The first-order valence-corrected chi connectivity index (χ1v) is 20.9. The fourth-order valence-electron chi connectivity index (χ4n) is 9.03. The van der Waals surface area contributed by atoms with Gasteiger partial charge in [0.2, 0.25) is 0 Å². The molecule has 2 saturated carbocycles. The van der Waals surface area contributed by atoms with Crippen LogP contribution in [0.2, 0.25) is 0 Å². The van der Waals surface area contributed by atoms with Gasteiger partial charge in [0.05, 0.1) is 0 Å². The monoisotopic (exact) mass is 697 g/mol. The van der Waals surface area contributed by atoms with Crippen LogP contribution in [0.5, 0.6) is 0 Å². The zero-order chi connectivity index (χ0) is 33.9. The molecular weight excluding hydrogens is 616 g/mol. The molecule has 3 N–H and O–H groups in total. The molecule has 0 aromatic rings. The topological polar surface area (TPSA) is 70.8 Å². The molecule has 2 saturated heterocycles. The molecule has 0 aromatic heterocycles. The molecule has 0 bridgehead atoms. The van der Waals surface area contributed by atoms with Gasteiger partial charge in [-0.25, -0.2) is 4.79 Å². The van der Waals surface area contributed by atoms with E-state index in [4.69, 9.17) is 10.5 Å². The molecule has 1 amide bonds. The SMILES string of the molecule is CCCCCCC1CCCN(C[C@@H]2CCCC[C@H]2N)C1.CCCCCCC1CCCN(C[C@@H]2CCCC[C@H]2NC(=O)OC(C)(C)C)C1.Cl. The number of carbonyl (C=O) groups is 1. The highest BCUT2D eigenvalue weighted by Crippen LogP contribution is 2.30. The van der Waals surface area contributed by atoms with Crippen molar-refractivity contribution in [1.29, 1.82) is 0 Å². The van der Waals surface area contributed by atoms with Crippen molar-refractivity contribution in [3.05, 3.63) is 0 Å². The van der Waals surface area contributed by atoms with Gasteiger partial charge in [-0.2, -0.15) is 0 Å². The largest absolute Gasteiger partial charge is 0.444 e. The van der Waals surface area contributed by atoms with Gasteiger partial charge >= 0.3 is 6.09 Å². The lowest BCUT2D eigenvalue weighted by atomic mass is 9.83. The standard InChI is InChI=1S/C23H44N2O2.C18H36N2.ClH/c1-5-6-7-8-12-19-13-11-16-25(17-19)18-20-14-9-10-15-21(20)24-22(26)27-23(2,3)4;1-2-3-4-5-9-16-10-8-13-20(14-16)15-17-11-6-7-12-18(17)19;/h19-21H,5-18H2,1-4H3,(H,24,26);16-18H,2-15,19H2,1H3;1H/t19?,20-,21+;16?,17-,18+;/m00./s1. The molecule has 48 heavy (non-hydrogen) atoms. The number of amides is 1.